The first kappa shape index (κ1) is 15.0. The summed E-state index contributed by atoms with van der Waals surface area (Å²) in [5, 5.41) is 5.73. The second-order valence-electron chi connectivity index (χ2n) is 4.96. The van der Waals surface area contributed by atoms with Crippen LogP contribution in [0.4, 0.5) is 10.5 Å². The van der Waals surface area contributed by atoms with E-state index < -0.39 is 0 Å². The van der Waals surface area contributed by atoms with Crippen LogP contribution < -0.4 is 10.6 Å². The first-order valence-corrected chi connectivity index (χ1v) is 6.18. The molecule has 0 fully saturated rings. The van der Waals surface area contributed by atoms with Crippen molar-refractivity contribution in [3.05, 3.63) is 29.3 Å². The number of hydrogen-bond donors (Lipinski definition) is 2. The molecule has 19 heavy (non-hydrogen) atoms. The molecule has 104 valence electrons. The van der Waals surface area contributed by atoms with E-state index in [9.17, 15) is 4.79 Å². The second-order valence-corrected chi connectivity index (χ2v) is 4.96. The summed E-state index contributed by atoms with van der Waals surface area (Å²) in [7, 11) is 7.53. The van der Waals surface area contributed by atoms with Gasteiger partial charge in [-0.15, -0.1) is 0 Å². The predicted octanol–water partition coefficient (Wildman–Crippen LogP) is 1.61. The van der Waals surface area contributed by atoms with Crippen molar-refractivity contribution in [1.29, 1.82) is 0 Å². The minimum atomic E-state index is -0.241. The maximum absolute atomic E-state index is 12.0. The smallest absolute Gasteiger partial charge is 0.294 e. The van der Waals surface area contributed by atoms with Crippen LogP contribution in [0.2, 0.25) is 0 Å². The van der Waals surface area contributed by atoms with E-state index in [0.717, 1.165) is 22.8 Å². The first-order valence-electron chi connectivity index (χ1n) is 6.18. The van der Waals surface area contributed by atoms with E-state index >= 15 is 0 Å². The molecular weight excluding hydrogens is 240 g/mol. The lowest BCUT2D eigenvalue weighted by molar-refractivity contribution is -0.471. The van der Waals surface area contributed by atoms with E-state index in [-0.39, 0.29) is 6.03 Å². The Morgan fingerprint density at radius 1 is 1.16 bits per heavy atom. The van der Waals surface area contributed by atoms with Crippen molar-refractivity contribution in [2.24, 2.45) is 0 Å². The van der Waals surface area contributed by atoms with E-state index in [4.69, 9.17) is 0 Å². The highest BCUT2D eigenvalue weighted by atomic mass is 16.2. The van der Waals surface area contributed by atoms with Gasteiger partial charge in [0.2, 0.25) is 0 Å². The molecule has 1 aromatic carbocycles. The Bertz CT molecular complexity index is 482. The summed E-state index contributed by atoms with van der Waals surface area (Å²) in [6.45, 7) is 3.95. The van der Waals surface area contributed by atoms with Gasteiger partial charge in [-0.1, -0.05) is 18.2 Å². The SMILES string of the molecule is Cc1cccc(C)c1NC(=O)NC(N(C)C)=[N+](C)C. The highest BCUT2D eigenvalue weighted by Gasteiger charge is 2.17. The Hall–Kier alpha value is -2.04. The maximum Gasteiger partial charge on any atom is 0.384 e. The molecule has 1 rings (SSSR count). The summed E-state index contributed by atoms with van der Waals surface area (Å²) in [5.41, 5.74) is 2.95. The van der Waals surface area contributed by atoms with Crippen LogP contribution in [0.5, 0.6) is 0 Å². The van der Waals surface area contributed by atoms with Gasteiger partial charge in [0.15, 0.2) is 0 Å². The fourth-order valence-corrected chi connectivity index (χ4v) is 1.88. The van der Waals surface area contributed by atoms with Gasteiger partial charge in [-0.25, -0.2) is 4.79 Å². The largest absolute Gasteiger partial charge is 0.384 e. The van der Waals surface area contributed by atoms with Crippen molar-refractivity contribution < 1.29 is 9.37 Å². The molecule has 0 aromatic heterocycles. The number of anilines is 1. The van der Waals surface area contributed by atoms with E-state index in [0.29, 0.717) is 0 Å². The third kappa shape index (κ3) is 3.98. The Labute approximate surface area is 114 Å². The van der Waals surface area contributed by atoms with E-state index in [2.05, 4.69) is 10.6 Å². The standard InChI is InChI=1S/C14H22N4O/c1-10-8-7-9-11(2)12(10)15-13(19)16-14(17(3)4)18(5)6/h7-9H,1-6H3,(H,15,19)/p+1. The molecule has 5 heteroatoms. The van der Waals surface area contributed by atoms with Gasteiger partial charge < -0.3 is 0 Å². The molecule has 0 aliphatic carbocycles. The topological polar surface area (TPSA) is 47.4 Å². The molecule has 2 N–H and O–H groups in total. The molecule has 0 unspecified atom stereocenters. The van der Waals surface area contributed by atoms with E-state index in [1.165, 1.54) is 0 Å². The van der Waals surface area contributed by atoms with Crippen LogP contribution in [0.15, 0.2) is 18.2 Å². The Kier molecular flexibility index (Phi) is 4.92. The average Bonchev–Trinajstić information content (AvgIpc) is 2.30. The molecule has 2 amide bonds. The number of urea groups is 1. The van der Waals surface area contributed by atoms with Gasteiger partial charge in [-0.3, -0.25) is 14.8 Å². The summed E-state index contributed by atoms with van der Waals surface area (Å²) < 4.78 is 1.85. The van der Waals surface area contributed by atoms with Gasteiger partial charge in [0.05, 0.1) is 28.2 Å². The Morgan fingerprint density at radius 3 is 2.11 bits per heavy atom. The van der Waals surface area contributed by atoms with Crippen LogP contribution in [0.1, 0.15) is 11.1 Å². The number of benzene rings is 1. The quantitative estimate of drug-likeness (QED) is 0.459. The highest BCUT2D eigenvalue weighted by Crippen LogP contribution is 2.18. The van der Waals surface area contributed by atoms with Crippen molar-refractivity contribution in [2.75, 3.05) is 33.5 Å². The summed E-state index contributed by atoms with van der Waals surface area (Å²) in [6, 6.07) is 5.69. The molecule has 0 saturated heterocycles. The average molecular weight is 263 g/mol. The third-order valence-electron chi connectivity index (χ3n) is 2.79. The summed E-state index contributed by atoms with van der Waals surface area (Å²) in [6.07, 6.45) is 0. The molecule has 0 heterocycles. The number of aryl methyl sites for hydroxylation is 2. The van der Waals surface area contributed by atoms with Crippen LogP contribution in [-0.4, -0.2) is 49.7 Å². The van der Waals surface area contributed by atoms with Crippen LogP contribution in [0.25, 0.3) is 0 Å². The van der Waals surface area contributed by atoms with Gasteiger partial charge in [-0.05, 0) is 25.0 Å². The number of rotatable bonds is 1. The van der Waals surface area contributed by atoms with E-state index in [1.54, 1.807) is 0 Å². The zero-order valence-corrected chi connectivity index (χ0v) is 12.5. The molecule has 0 spiro atoms. The molecular formula is C14H23N4O+. The van der Waals surface area contributed by atoms with Crippen LogP contribution >= 0.6 is 0 Å². The number of hydrogen-bond acceptors (Lipinski definition) is 1. The fraction of sp³-hybridized carbons (Fsp3) is 0.429. The summed E-state index contributed by atoms with van der Waals surface area (Å²) >= 11 is 0. The number of nitrogens with one attached hydrogen (secondary N) is 2. The minimum Gasteiger partial charge on any atom is -0.294 e. The molecule has 0 radical (unpaired) electrons. The van der Waals surface area contributed by atoms with E-state index in [1.807, 2.05) is 69.7 Å². The number of nitrogens with zero attached hydrogens (tertiary/aromatic N) is 2. The zero-order valence-electron chi connectivity index (χ0n) is 12.5. The zero-order chi connectivity index (χ0) is 14.6. The van der Waals surface area contributed by atoms with Crippen molar-refractivity contribution in [3.8, 4) is 0 Å². The second kappa shape index (κ2) is 6.22. The predicted molar refractivity (Wildman–Crippen MR) is 78.9 cm³/mol. The lowest BCUT2D eigenvalue weighted by Crippen LogP contribution is -2.46. The molecule has 0 aliphatic heterocycles. The molecule has 0 bridgehead atoms. The van der Waals surface area contributed by atoms with Crippen molar-refractivity contribution in [1.82, 2.24) is 10.2 Å². The van der Waals surface area contributed by atoms with Crippen molar-refractivity contribution in [3.63, 3.8) is 0 Å². The Balaban J connectivity index is 2.84. The Morgan fingerprint density at radius 2 is 1.68 bits per heavy atom. The van der Waals surface area contributed by atoms with Crippen molar-refractivity contribution >= 4 is 17.7 Å². The number of guanidine groups is 1. The minimum absolute atomic E-state index is 0.241. The molecule has 5 nitrogen and oxygen atoms in total. The molecule has 0 saturated carbocycles. The highest BCUT2D eigenvalue weighted by molar-refractivity contribution is 6.01. The van der Waals surface area contributed by atoms with Crippen molar-refractivity contribution in [2.45, 2.75) is 13.8 Å². The molecule has 1 aromatic rings. The lowest BCUT2D eigenvalue weighted by atomic mass is 10.1. The van der Waals surface area contributed by atoms with Crippen LogP contribution in [0.3, 0.4) is 0 Å². The van der Waals surface area contributed by atoms with Gasteiger partial charge in [0.25, 0.3) is 0 Å². The first-order chi connectivity index (χ1) is 8.82. The van der Waals surface area contributed by atoms with Gasteiger partial charge in [0.1, 0.15) is 0 Å². The van der Waals surface area contributed by atoms with Gasteiger partial charge in [-0.2, -0.15) is 5.32 Å². The number of amides is 2. The van der Waals surface area contributed by atoms with Gasteiger partial charge >= 0.3 is 12.0 Å². The number of carbonyl (C=O) groups is 1. The number of carbonyl (C=O) groups excluding carboxylic acids is 1. The van der Waals surface area contributed by atoms with Crippen LogP contribution in [-0.2, 0) is 0 Å². The molecule has 0 atom stereocenters. The third-order valence-corrected chi connectivity index (χ3v) is 2.79. The summed E-state index contributed by atoms with van der Waals surface area (Å²) in [4.78, 5) is 13.9. The summed E-state index contributed by atoms with van der Waals surface area (Å²) in [5.74, 6) is 0.726. The van der Waals surface area contributed by atoms with Crippen LogP contribution in [0, 0.1) is 13.8 Å². The monoisotopic (exact) mass is 263 g/mol. The fourth-order valence-electron chi connectivity index (χ4n) is 1.88. The number of para-hydroxylation sites is 1. The maximum atomic E-state index is 12.0. The van der Waals surface area contributed by atoms with Gasteiger partial charge in [0, 0.05) is 5.69 Å². The normalized spacial score (nSPS) is 9.79. The molecule has 0 aliphatic rings. The lowest BCUT2D eigenvalue weighted by Gasteiger charge is -2.14.